The van der Waals surface area contributed by atoms with Gasteiger partial charge in [0.1, 0.15) is 5.58 Å². The van der Waals surface area contributed by atoms with Crippen LogP contribution in [0, 0.1) is 20.2 Å². The van der Waals surface area contributed by atoms with E-state index < -0.39 is 27.2 Å². The maximum atomic E-state index is 13.3. The highest BCUT2D eigenvalue weighted by Gasteiger charge is 2.54. The Morgan fingerprint density at radius 2 is 1.72 bits per heavy atom. The summed E-state index contributed by atoms with van der Waals surface area (Å²) >= 11 is 1.28. The molecule has 1 aromatic heterocycles. The highest BCUT2D eigenvalue weighted by Crippen LogP contribution is 2.54. The first-order valence-electron chi connectivity index (χ1n) is 13.4. The standard InChI is InChI=1S/C31H22N4O7S/c36-29-25(16-19-6-1-2-10-26(19)42-29)31(37)17-43-30-32-27-20(13-18-5-3-8-22(14-18)34(38)39)11-12-24(27)28(33(30)31)21-7-4-9-23(15-21)35(40)41/h1-10,13-16,28,37H,11-12,17H2/b20-13+. The van der Waals surface area contributed by atoms with E-state index in [0.717, 1.165) is 11.1 Å². The number of thioether (sulfide) groups is 1. The second kappa shape index (κ2) is 10.0. The molecule has 2 atom stereocenters. The summed E-state index contributed by atoms with van der Waals surface area (Å²) in [6.07, 6.45) is 2.97. The van der Waals surface area contributed by atoms with Crippen LogP contribution in [0.15, 0.2) is 110 Å². The summed E-state index contributed by atoms with van der Waals surface area (Å²) in [7, 11) is 0. The van der Waals surface area contributed by atoms with Crippen LogP contribution in [0.25, 0.3) is 17.0 Å². The number of aliphatic hydroxyl groups is 1. The Hall–Kier alpha value is -5.07. The smallest absolute Gasteiger partial charge is 0.344 e. The Labute approximate surface area is 247 Å². The molecule has 4 aromatic rings. The van der Waals surface area contributed by atoms with Gasteiger partial charge < -0.3 is 14.4 Å². The molecule has 3 aliphatic rings. The van der Waals surface area contributed by atoms with Gasteiger partial charge in [-0.05, 0) is 53.3 Å². The summed E-state index contributed by atoms with van der Waals surface area (Å²) in [4.78, 5) is 42.1. The van der Waals surface area contributed by atoms with Crippen LogP contribution >= 0.6 is 11.8 Å². The largest absolute Gasteiger partial charge is 0.422 e. The number of fused-ring (bicyclic) bond motifs is 2. The lowest BCUT2D eigenvalue weighted by molar-refractivity contribution is -0.385. The number of para-hydroxylation sites is 1. The molecular formula is C31H22N4O7S. The highest BCUT2D eigenvalue weighted by atomic mass is 32.2. The van der Waals surface area contributed by atoms with Crippen molar-refractivity contribution in [2.45, 2.75) is 24.6 Å². The molecule has 214 valence electrons. The molecule has 3 aromatic carbocycles. The number of hydrogen-bond donors (Lipinski definition) is 1. The van der Waals surface area contributed by atoms with E-state index in [1.54, 1.807) is 53.4 Å². The van der Waals surface area contributed by atoms with Crippen molar-refractivity contribution in [2.75, 3.05) is 5.75 Å². The lowest BCUT2D eigenvalue weighted by atomic mass is 9.91. The van der Waals surface area contributed by atoms with Crippen LogP contribution in [0.5, 0.6) is 0 Å². The Kier molecular flexibility index (Phi) is 6.26. The number of non-ortho nitro benzene ring substituents is 2. The normalized spacial score (nSPS) is 22.1. The predicted octanol–water partition coefficient (Wildman–Crippen LogP) is 6.05. The first-order valence-corrected chi connectivity index (χ1v) is 14.4. The lowest BCUT2D eigenvalue weighted by Gasteiger charge is -2.42. The van der Waals surface area contributed by atoms with Crippen LogP contribution in [0.3, 0.4) is 0 Å². The third-order valence-corrected chi connectivity index (χ3v) is 9.06. The maximum Gasteiger partial charge on any atom is 0.344 e. The van der Waals surface area contributed by atoms with Gasteiger partial charge in [0.25, 0.3) is 11.4 Å². The molecule has 1 aliphatic carbocycles. The van der Waals surface area contributed by atoms with Crippen molar-refractivity contribution in [3.8, 4) is 0 Å². The van der Waals surface area contributed by atoms with Crippen LogP contribution in [0.1, 0.15) is 35.6 Å². The van der Waals surface area contributed by atoms with Crippen molar-refractivity contribution in [3.05, 3.63) is 143 Å². The summed E-state index contributed by atoms with van der Waals surface area (Å²) < 4.78 is 5.59. The Morgan fingerprint density at radius 1 is 0.977 bits per heavy atom. The van der Waals surface area contributed by atoms with E-state index in [1.807, 2.05) is 12.1 Å². The molecule has 0 amide bonds. The van der Waals surface area contributed by atoms with E-state index >= 15 is 0 Å². The van der Waals surface area contributed by atoms with Gasteiger partial charge in [-0.25, -0.2) is 9.79 Å². The van der Waals surface area contributed by atoms with Gasteiger partial charge >= 0.3 is 5.63 Å². The molecule has 7 rings (SSSR count). The second-order valence-electron chi connectivity index (χ2n) is 10.5. The van der Waals surface area contributed by atoms with Crippen LogP contribution in [-0.4, -0.2) is 30.8 Å². The van der Waals surface area contributed by atoms with Gasteiger partial charge in [-0.2, -0.15) is 0 Å². The number of aliphatic imine (C=N–C) groups is 1. The van der Waals surface area contributed by atoms with Crippen LogP contribution < -0.4 is 5.63 Å². The molecule has 1 fully saturated rings. The van der Waals surface area contributed by atoms with Crippen molar-refractivity contribution in [1.29, 1.82) is 0 Å². The van der Waals surface area contributed by atoms with Crippen molar-refractivity contribution in [3.63, 3.8) is 0 Å². The molecule has 0 saturated carbocycles. The molecule has 3 heterocycles. The Morgan fingerprint density at radius 3 is 2.51 bits per heavy atom. The van der Waals surface area contributed by atoms with Gasteiger partial charge in [-0.3, -0.25) is 20.2 Å². The minimum atomic E-state index is -1.82. The fourth-order valence-corrected chi connectivity index (χ4v) is 7.20. The highest BCUT2D eigenvalue weighted by molar-refractivity contribution is 8.14. The Bertz CT molecular complexity index is 2020. The molecule has 12 heteroatoms. The second-order valence-corrected chi connectivity index (χ2v) is 11.4. The summed E-state index contributed by atoms with van der Waals surface area (Å²) in [5.41, 5.74) is 1.39. The van der Waals surface area contributed by atoms with E-state index in [4.69, 9.17) is 9.41 Å². The number of rotatable bonds is 5. The van der Waals surface area contributed by atoms with E-state index in [0.29, 0.717) is 45.8 Å². The molecular weight excluding hydrogens is 572 g/mol. The minimum Gasteiger partial charge on any atom is -0.422 e. The topological polar surface area (TPSA) is 152 Å². The number of benzene rings is 3. The molecule has 1 N–H and O–H groups in total. The molecule has 0 bridgehead atoms. The molecule has 2 unspecified atom stereocenters. The quantitative estimate of drug-likeness (QED) is 0.165. The van der Waals surface area contributed by atoms with E-state index in [2.05, 4.69) is 0 Å². The van der Waals surface area contributed by atoms with E-state index in [9.17, 15) is 30.1 Å². The van der Waals surface area contributed by atoms with Crippen molar-refractivity contribution < 1.29 is 19.4 Å². The molecule has 11 nitrogen and oxygen atoms in total. The Balaban J connectivity index is 1.40. The SMILES string of the molecule is O=c1oc2ccccc2cc1C1(O)CSC2=NC3=C(CC/C3=C\c3cccc([N+](=O)[O-])c3)C(c3cccc([N+](=O)[O-])c3)N21. The minimum absolute atomic E-state index is 0.0252. The van der Waals surface area contributed by atoms with Crippen molar-refractivity contribution >= 4 is 45.3 Å². The molecule has 43 heavy (non-hydrogen) atoms. The van der Waals surface area contributed by atoms with Gasteiger partial charge in [-0.1, -0.05) is 54.2 Å². The van der Waals surface area contributed by atoms with Crippen LogP contribution in [0.2, 0.25) is 0 Å². The van der Waals surface area contributed by atoms with E-state index in [1.165, 1.54) is 36.0 Å². The number of nitro benzene ring substituents is 2. The van der Waals surface area contributed by atoms with Gasteiger partial charge in [0, 0.05) is 29.7 Å². The fourth-order valence-electron chi connectivity index (χ4n) is 6.02. The number of hydrogen-bond acceptors (Lipinski definition) is 10. The average Bonchev–Trinajstić information content (AvgIpc) is 3.56. The lowest BCUT2D eigenvalue weighted by Crippen LogP contribution is -2.50. The summed E-state index contributed by atoms with van der Waals surface area (Å²) in [6, 6.07) is 20.6. The third-order valence-electron chi connectivity index (χ3n) is 7.97. The van der Waals surface area contributed by atoms with Gasteiger partial charge in [0.05, 0.1) is 32.9 Å². The maximum absolute atomic E-state index is 13.3. The first kappa shape index (κ1) is 26.8. The number of nitrogens with zero attached hydrogens (tertiary/aromatic N) is 4. The summed E-state index contributed by atoms with van der Waals surface area (Å²) in [5.74, 6) is 0.0743. The van der Waals surface area contributed by atoms with Crippen molar-refractivity contribution in [1.82, 2.24) is 4.90 Å². The first-order chi connectivity index (χ1) is 20.7. The molecule has 1 saturated heterocycles. The zero-order chi connectivity index (χ0) is 29.9. The molecule has 2 aliphatic heterocycles. The summed E-state index contributed by atoms with van der Waals surface area (Å²) in [5, 5.41) is 36.5. The monoisotopic (exact) mass is 594 g/mol. The number of amidine groups is 1. The van der Waals surface area contributed by atoms with Crippen LogP contribution in [-0.2, 0) is 5.72 Å². The average molecular weight is 595 g/mol. The van der Waals surface area contributed by atoms with Gasteiger partial charge in [0.15, 0.2) is 10.9 Å². The van der Waals surface area contributed by atoms with Crippen molar-refractivity contribution in [2.24, 2.45) is 4.99 Å². The zero-order valence-corrected chi connectivity index (χ0v) is 23.2. The van der Waals surface area contributed by atoms with Gasteiger partial charge in [-0.15, -0.1) is 0 Å². The summed E-state index contributed by atoms with van der Waals surface area (Å²) in [6.45, 7) is 0. The molecule has 0 radical (unpaired) electrons. The van der Waals surface area contributed by atoms with Gasteiger partial charge in [0.2, 0.25) is 0 Å². The number of nitro groups is 2. The van der Waals surface area contributed by atoms with E-state index in [-0.39, 0.29) is 22.7 Å². The fraction of sp³-hybridized carbons (Fsp3) is 0.161. The predicted molar refractivity (Wildman–Crippen MR) is 161 cm³/mol. The van der Waals surface area contributed by atoms with Crippen LogP contribution in [0.4, 0.5) is 11.4 Å². The zero-order valence-electron chi connectivity index (χ0n) is 22.4. The third kappa shape index (κ3) is 4.42. The molecule has 0 spiro atoms. The number of allylic oxidation sites excluding steroid dienone is 1.